The smallest absolute Gasteiger partial charge is 0.123 e. The van der Waals surface area contributed by atoms with Gasteiger partial charge in [0, 0.05) is 25.6 Å². The summed E-state index contributed by atoms with van der Waals surface area (Å²) in [4.78, 5) is 2.43. The molecule has 0 spiro atoms. The highest BCUT2D eigenvalue weighted by Gasteiger charge is 2.34. The summed E-state index contributed by atoms with van der Waals surface area (Å²) in [7, 11) is 0. The largest absolute Gasteiger partial charge is 0.391 e. The van der Waals surface area contributed by atoms with Crippen LogP contribution in [0.1, 0.15) is 36.0 Å². The maximum Gasteiger partial charge on any atom is 0.123 e. The first-order valence-corrected chi connectivity index (χ1v) is 9.54. The zero-order chi connectivity index (χ0) is 17.9. The monoisotopic (exact) mass is 355 g/mol. The molecule has 3 nitrogen and oxygen atoms in total. The SMILES string of the molecule is O[C@@H]1C[C@@H](OCc2ccc(F)cc2)CC[C@H]1N1CCc2ccccc2C1. The van der Waals surface area contributed by atoms with Gasteiger partial charge in [0.1, 0.15) is 5.82 Å². The van der Waals surface area contributed by atoms with Crippen LogP contribution in [0.25, 0.3) is 0 Å². The lowest BCUT2D eigenvalue weighted by Crippen LogP contribution is -2.50. The van der Waals surface area contributed by atoms with Gasteiger partial charge in [0.05, 0.1) is 18.8 Å². The number of rotatable bonds is 4. The van der Waals surface area contributed by atoms with Crippen molar-refractivity contribution in [3.63, 3.8) is 0 Å². The quantitative estimate of drug-likeness (QED) is 0.908. The van der Waals surface area contributed by atoms with E-state index in [1.54, 1.807) is 12.1 Å². The topological polar surface area (TPSA) is 32.7 Å². The molecule has 0 unspecified atom stereocenters. The molecule has 2 aromatic carbocycles. The predicted molar refractivity (Wildman–Crippen MR) is 99.2 cm³/mol. The molecule has 1 fully saturated rings. The fraction of sp³-hybridized carbons (Fsp3) is 0.455. The maximum atomic E-state index is 13.0. The third kappa shape index (κ3) is 3.98. The van der Waals surface area contributed by atoms with E-state index in [-0.39, 0.29) is 24.1 Å². The highest BCUT2D eigenvalue weighted by atomic mass is 19.1. The van der Waals surface area contributed by atoms with Crippen molar-refractivity contribution in [1.82, 2.24) is 4.90 Å². The van der Waals surface area contributed by atoms with Crippen LogP contribution in [0.2, 0.25) is 0 Å². The molecular formula is C22H26FNO2. The van der Waals surface area contributed by atoms with Crippen LogP contribution in [0.3, 0.4) is 0 Å². The lowest BCUT2D eigenvalue weighted by atomic mass is 9.87. The van der Waals surface area contributed by atoms with E-state index in [9.17, 15) is 9.50 Å². The summed E-state index contributed by atoms with van der Waals surface area (Å²) in [5.41, 5.74) is 3.80. The lowest BCUT2D eigenvalue weighted by molar-refractivity contribution is -0.0634. The van der Waals surface area contributed by atoms with E-state index in [1.165, 1.54) is 23.3 Å². The number of aliphatic hydroxyl groups is 1. The molecule has 0 aromatic heterocycles. The molecule has 4 rings (SSSR count). The standard InChI is InChI=1S/C22H26FNO2/c23-19-7-5-16(6-8-19)15-26-20-9-10-21(22(25)13-20)24-12-11-17-3-1-2-4-18(17)14-24/h1-8,20-22,25H,9-15H2/t20-,21+,22+/m0/s1. The second-order valence-electron chi connectivity index (χ2n) is 7.50. The van der Waals surface area contributed by atoms with Crippen molar-refractivity contribution in [3.8, 4) is 0 Å². The zero-order valence-electron chi connectivity index (χ0n) is 15.0. The van der Waals surface area contributed by atoms with Crippen LogP contribution in [0.15, 0.2) is 48.5 Å². The fourth-order valence-electron chi connectivity index (χ4n) is 4.27. The van der Waals surface area contributed by atoms with Crippen LogP contribution in [-0.4, -0.2) is 34.8 Å². The summed E-state index contributed by atoms with van der Waals surface area (Å²) in [6.45, 7) is 2.41. The average Bonchev–Trinajstić information content (AvgIpc) is 2.67. The molecule has 0 bridgehead atoms. The summed E-state index contributed by atoms with van der Waals surface area (Å²) in [5.74, 6) is -0.229. The summed E-state index contributed by atoms with van der Waals surface area (Å²) in [6, 6.07) is 15.2. The Kier molecular flexibility index (Phi) is 5.34. The van der Waals surface area contributed by atoms with E-state index in [2.05, 4.69) is 29.2 Å². The predicted octanol–water partition coefficient (Wildman–Crippen LogP) is 3.68. The number of hydrogen-bond donors (Lipinski definition) is 1. The highest BCUT2D eigenvalue weighted by molar-refractivity contribution is 5.29. The van der Waals surface area contributed by atoms with Gasteiger partial charge in [0.25, 0.3) is 0 Å². The van der Waals surface area contributed by atoms with E-state index >= 15 is 0 Å². The Labute approximate surface area is 154 Å². The van der Waals surface area contributed by atoms with Gasteiger partial charge >= 0.3 is 0 Å². The van der Waals surface area contributed by atoms with Crippen molar-refractivity contribution >= 4 is 0 Å². The molecule has 3 atom stereocenters. The first kappa shape index (κ1) is 17.7. The van der Waals surface area contributed by atoms with Crippen LogP contribution >= 0.6 is 0 Å². The lowest BCUT2D eigenvalue weighted by Gasteiger charge is -2.42. The van der Waals surface area contributed by atoms with Gasteiger partial charge in [0.15, 0.2) is 0 Å². The average molecular weight is 355 g/mol. The molecular weight excluding hydrogens is 329 g/mol. The number of hydrogen-bond acceptors (Lipinski definition) is 3. The molecule has 0 radical (unpaired) electrons. The van der Waals surface area contributed by atoms with Crippen molar-refractivity contribution in [1.29, 1.82) is 0 Å². The molecule has 0 saturated heterocycles. The van der Waals surface area contributed by atoms with E-state index in [0.717, 1.165) is 37.9 Å². The highest BCUT2D eigenvalue weighted by Crippen LogP contribution is 2.30. The maximum absolute atomic E-state index is 13.0. The number of fused-ring (bicyclic) bond motifs is 1. The van der Waals surface area contributed by atoms with Crippen LogP contribution < -0.4 is 0 Å². The van der Waals surface area contributed by atoms with Crippen LogP contribution in [0, 0.1) is 5.82 Å². The summed E-state index contributed by atoms with van der Waals surface area (Å²) in [5, 5.41) is 10.7. The van der Waals surface area contributed by atoms with Crippen molar-refractivity contribution in [2.24, 2.45) is 0 Å². The molecule has 1 saturated carbocycles. The minimum atomic E-state index is -0.354. The normalized spacial score (nSPS) is 26.5. The molecule has 2 aliphatic rings. The Balaban J connectivity index is 1.30. The van der Waals surface area contributed by atoms with Gasteiger partial charge in [-0.05, 0) is 48.1 Å². The van der Waals surface area contributed by atoms with Gasteiger partial charge in [0.2, 0.25) is 0 Å². The Morgan fingerprint density at radius 1 is 1.04 bits per heavy atom. The van der Waals surface area contributed by atoms with E-state index in [0.29, 0.717) is 13.0 Å². The molecule has 2 aromatic rings. The Bertz CT molecular complexity index is 733. The molecule has 1 heterocycles. The van der Waals surface area contributed by atoms with E-state index in [4.69, 9.17) is 4.74 Å². The van der Waals surface area contributed by atoms with Gasteiger partial charge in [-0.1, -0.05) is 36.4 Å². The van der Waals surface area contributed by atoms with Crippen molar-refractivity contribution in [2.45, 2.75) is 57.1 Å². The first-order valence-electron chi connectivity index (χ1n) is 9.54. The third-order valence-corrected chi connectivity index (χ3v) is 5.76. The Hall–Kier alpha value is -1.75. The molecule has 1 aliphatic heterocycles. The van der Waals surface area contributed by atoms with E-state index in [1.807, 2.05) is 0 Å². The third-order valence-electron chi connectivity index (χ3n) is 5.76. The molecule has 4 heteroatoms. The summed E-state index contributed by atoms with van der Waals surface area (Å²) in [6.07, 6.45) is 3.36. The minimum absolute atomic E-state index is 0.0726. The number of ether oxygens (including phenoxy) is 1. The molecule has 0 amide bonds. The van der Waals surface area contributed by atoms with Gasteiger partial charge in [-0.2, -0.15) is 0 Å². The second kappa shape index (κ2) is 7.87. The second-order valence-corrected chi connectivity index (χ2v) is 7.50. The molecule has 26 heavy (non-hydrogen) atoms. The summed E-state index contributed by atoms with van der Waals surface area (Å²) >= 11 is 0. The number of halogens is 1. The molecule has 1 aliphatic carbocycles. The van der Waals surface area contributed by atoms with Gasteiger partial charge in [-0.25, -0.2) is 4.39 Å². The Morgan fingerprint density at radius 2 is 1.81 bits per heavy atom. The van der Waals surface area contributed by atoms with E-state index < -0.39 is 0 Å². The van der Waals surface area contributed by atoms with Crippen molar-refractivity contribution in [2.75, 3.05) is 6.54 Å². The first-order chi connectivity index (χ1) is 12.7. The van der Waals surface area contributed by atoms with Crippen molar-refractivity contribution < 1.29 is 14.2 Å². The van der Waals surface area contributed by atoms with Crippen LogP contribution in [0.4, 0.5) is 4.39 Å². The molecule has 138 valence electrons. The number of aliphatic hydroxyl groups excluding tert-OH is 1. The van der Waals surface area contributed by atoms with Crippen molar-refractivity contribution in [3.05, 3.63) is 71.0 Å². The van der Waals surface area contributed by atoms with Crippen LogP contribution in [0.5, 0.6) is 0 Å². The minimum Gasteiger partial charge on any atom is -0.391 e. The number of nitrogens with zero attached hydrogens (tertiary/aromatic N) is 1. The van der Waals surface area contributed by atoms with Gasteiger partial charge in [-0.15, -0.1) is 0 Å². The fourth-order valence-corrected chi connectivity index (χ4v) is 4.27. The Morgan fingerprint density at radius 3 is 2.58 bits per heavy atom. The molecule has 1 N–H and O–H groups in total. The van der Waals surface area contributed by atoms with Crippen LogP contribution in [-0.2, 0) is 24.3 Å². The summed E-state index contributed by atoms with van der Waals surface area (Å²) < 4.78 is 18.9. The van der Waals surface area contributed by atoms with Gasteiger partial charge in [-0.3, -0.25) is 4.90 Å². The number of benzene rings is 2. The zero-order valence-corrected chi connectivity index (χ0v) is 15.0. The van der Waals surface area contributed by atoms with Gasteiger partial charge < -0.3 is 9.84 Å².